The summed E-state index contributed by atoms with van der Waals surface area (Å²) in [7, 11) is -3.19. The Morgan fingerprint density at radius 2 is 2.07 bits per heavy atom. The normalized spacial score (nSPS) is 17.3. The van der Waals surface area contributed by atoms with Gasteiger partial charge in [0.1, 0.15) is 0 Å². The molecule has 1 heterocycles. The number of benzene rings is 1. The van der Waals surface area contributed by atoms with Gasteiger partial charge >= 0.3 is 0 Å². The second kappa shape index (κ2) is 3.68. The molecule has 1 aromatic rings. The number of thioether (sulfide) groups is 1. The van der Waals surface area contributed by atoms with Gasteiger partial charge in [0.15, 0.2) is 0 Å². The highest BCUT2D eigenvalue weighted by molar-refractivity contribution is 8.01. The van der Waals surface area contributed by atoms with E-state index in [9.17, 15) is 8.42 Å². The molecule has 80 valence electrons. The molecule has 1 aliphatic rings. The highest BCUT2D eigenvalue weighted by Crippen LogP contribution is 2.35. The quantitative estimate of drug-likeness (QED) is 0.796. The minimum Gasteiger partial charge on any atom is -0.219 e. The summed E-state index contributed by atoms with van der Waals surface area (Å²) in [6.07, 6.45) is 3.71. The van der Waals surface area contributed by atoms with E-state index >= 15 is 0 Å². The summed E-state index contributed by atoms with van der Waals surface area (Å²) in [4.78, 5) is 0.992. The van der Waals surface area contributed by atoms with Gasteiger partial charge < -0.3 is 0 Å². The fraction of sp³-hybridized carbons (Fsp3) is 0.273. The van der Waals surface area contributed by atoms with E-state index in [0.29, 0.717) is 15.6 Å². The predicted octanol–water partition coefficient (Wildman–Crippen LogP) is 2.49. The van der Waals surface area contributed by atoms with Crippen LogP contribution in [-0.2, 0) is 9.84 Å². The fourth-order valence-electron chi connectivity index (χ4n) is 1.71. The number of rotatable bonds is 2. The maximum atomic E-state index is 12.0. The van der Waals surface area contributed by atoms with Crippen molar-refractivity contribution in [3.05, 3.63) is 34.2 Å². The van der Waals surface area contributed by atoms with Crippen molar-refractivity contribution in [2.75, 3.05) is 12.0 Å². The maximum Gasteiger partial charge on any atom is 0.204 e. The molecule has 4 heteroatoms. The summed E-state index contributed by atoms with van der Waals surface area (Å²) in [5.74, 6) is 0.552. The highest BCUT2D eigenvalue weighted by Gasteiger charge is 2.29. The standard InChI is InChI=1S/C11H12O2S2/c1-8-4-3-5-11-10(8)6-9(7-14-2)15(11,12)13/h3-6H,7H2,1-2H3. The van der Waals surface area contributed by atoms with Crippen LogP contribution in [0.1, 0.15) is 11.1 Å². The number of hydrogen-bond donors (Lipinski definition) is 0. The van der Waals surface area contributed by atoms with Crippen molar-refractivity contribution >= 4 is 27.7 Å². The van der Waals surface area contributed by atoms with E-state index in [0.717, 1.165) is 11.1 Å². The summed E-state index contributed by atoms with van der Waals surface area (Å²) in [5.41, 5.74) is 1.88. The molecule has 0 unspecified atom stereocenters. The van der Waals surface area contributed by atoms with Gasteiger partial charge in [-0.2, -0.15) is 11.8 Å². The largest absolute Gasteiger partial charge is 0.219 e. The Kier molecular flexibility index (Phi) is 2.64. The molecule has 0 aromatic heterocycles. The summed E-state index contributed by atoms with van der Waals surface area (Å²) in [6, 6.07) is 5.41. The van der Waals surface area contributed by atoms with Crippen molar-refractivity contribution in [2.45, 2.75) is 11.8 Å². The second-order valence-corrected chi connectivity index (χ2v) is 6.37. The molecule has 0 aliphatic carbocycles. The molecule has 0 atom stereocenters. The molecule has 0 saturated carbocycles. The van der Waals surface area contributed by atoms with Crippen LogP contribution in [0, 0.1) is 6.92 Å². The molecule has 0 amide bonds. The maximum absolute atomic E-state index is 12.0. The summed E-state index contributed by atoms with van der Waals surface area (Å²) in [6.45, 7) is 1.94. The van der Waals surface area contributed by atoms with Crippen molar-refractivity contribution in [3.8, 4) is 0 Å². The molecule has 2 rings (SSSR count). The van der Waals surface area contributed by atoms with Crippen molar-refractivity contribution < 1.29 is 8.42 Å². The van der Waals surface area contributed by atoms with Crippen LogP contribution < -0.4 is 0 Å². The predicted molar refractivity (Wildman–Crippen MR) is 64.7 cm³/mol. The van der Waals surface area contributed by atoms with Crippen molar-refractivity contribution in [1.29, 1.82) is 0 Å². The number of hydrogen-bond acceptors (Lipinski definition) is 3. The van der Waals surface area contributed by atoms with E-state index in [2.05, 4.69) is 0 Å². The van der Waals surface area contributed by atoms with Crippen molar-refractivity contribution in [1.82, 2.24) is 0 Å². The van der Waals surface area contributed by atoms with Crippen LogP contribution in [-0.4, -0.2) is 20.4 Å². The van der Waals surface area contributed by atoms with E-state index in [1.54, 1.807) is 18.2 Å². The Hall–Kier alpha value is -0.740. The third-order valence-corrected chi connectivity index (χ3v) is 5.18. The van der Waals surface area contributed by atoms with Crippen LogP contribution >= 0.6 is 11.8 Å². The molecule has 0 saturated heterocycles. The molecule has 0 N–H and O–H groups in total. The highest BCUT2D eigenvalue weighted by atomic mass is 32.2. The number of fused-ring (bicyclic) bond motifs is 1. The van der Waals surface area contributed by atoms with E-state index in [1.807, 2.05) is 19.2 Å². The molecule has 0 spiro atoms. The van der Waals surface area contributed by atoms with E-state index < -0.39 is 9.84 Å². The SMILES string of the molecule is CSCC1=Cc2c(C)cccc2S1(=O)=O. The van der Waals surface area contributed by atoms with Gasteiger partial charge in [0.2, 0.25) is 9.84 Å². The Morgan fingerprint density at radius 3 is 2.67 bits per heavy atom. The minimum atomic E-state index is -3.19. The Balaban J connectivity index is 2.64. The Morgan fingerprint density at radius 1 is 1.33 bits per heavy atom. The Bertz CT molecular complexity index is 528. The molecule has 0 fully saturated rings. The first-order valence-electron chi connectivity index (χ1n) is 4.61. The molecule has 0 bridgehead atoms. The average Bonchev–Trinajstić information content (AvgIpc) is 2.43. The fourth-order valence-corrected chi connectivity index (χ4v) is 4.38. The van der Waals surface area contributed by atoms with E-state index in [4.69, 9.17) is 0 Å². The smallest absolute Gasteiger partial charge is 0.204 e. The van der Waals surface area contributed by atoms with Gasteiger partial charge in [0, 0.05) is 5.75 Å². The summed E-state index contributed by atoms with van der Waals surface area (Å²) in [5, 5.41) is 0. The van der Waals surface area contributed by atoms with Gasteiger partial charge in [-0.25, -0.2) is 8.42 Å². The first kappa shape index (κ1) is 10.8. The summed E-state index contributed by atoms with van der Waals surface area (Å²) < 4.78 is 24.1. The lowest BCUT2D eigenvalue weighted by Gasteiger charge is -2.02. The van der Waals surface area contributed by atoms with Crippen molar-refractivity contribution in [2.24, 2.45) is 0 Å². The van der Waals surface area contributed by atoms with Crippen molar-refractivity contribution in [3.63, 3.8) is 0 Å². The van der Waals surface area contributed by atoms with Gasteiger partial charge in [-0.05, 0) is 36.4 Å². The zero-order valence-electron chi connectivity index (χ0n) is 8.65. The lowest BCUT2D eigenvalue weighted by Crippen LogP contribution is -2.02. The van der Waals surface area contributed by atoms with Crippen LogP contribution in [0.25, 0.3) is 6.08 Å². The molecule has 0 radical (unpaired) electrons. The van der Waals surface area contributed by atoms with Crippen LogP contribution in [0.4, 0.5) is 0 Å². The molecular weight excluding hydrogens is 228 g/mol. The van der Waals surface area contributed by atoms with E-state index in [1.165, 1.54) is 11.8 Å². The van der Waals surface area contributed by atoms with Gasteiger partial charge in [-0.1, -0.05) is 12.1 Å². The van der Waals surface area contributed by atoms with Crippen LogP contribution in [0.5, 0.6) is 0 Å². The molecular formula is C11H12O2S2. The topological polar surface area (TPSA) is 34.1 Å². The molecule has 1 aliphatic heterocycles. The average molecular weight is 240 g/mol. The second-order valence-electron chi connectivity index (χ2n) is 3.53. The van der Waals surface area contributed by atoms with Crippen LogP contribution in [0.3, 0.4) is 0 Å². The first-order chi connectivity index (χ1) is 7.07. The number of aryl methyl sites for hydroxylation is 1. The molecule has 15 heavy (non-hydrogen) atoms. The third kappa shape index (κ3) is 1.62. The van der Waals surface area contributed by atoms with Crippen LogP contribution in [0.2, 0.25) is 0 Å². The lowest BCUT2D eigenvalue weighted by atomic mass is 10.1. The van der Waals surface area contributed by atoms with Gasteiger partial charge in [0.25, 0.3) is 0 Å². The minimum absolute atomic E-state index is 0.464. The molecule has 1 aromatic carbocycles. The summed E-state index contributed by atoms with van der Waals surface area (Å²) >= 11 is 1.53. The zero-order chi connectivity index (χ0) is 11.1. The van der Waals surface area contributed by atoms with Crippen LogP contribution in [0.15, 0.2) is 28.0 Å². The zero-order valence-corrected chi connectivity index (χ0v) is 10.3. The first-order valence-corrected chi connectivity index (χ1v) is 7.49. The Labute approximate surface area is 94.3 Å². The van der Waals surface area contributed by atoms with Gasteiger partial charge in [0.05, 0.1) is 9.80 Å². The monoisotopic (exact) mass is 240 g/mol. The third-order valence-electron chi connectivity index (χ3n) is 2.51. The van der Waals surface area contributed by atoms with Gasteiger partial charge in [-0.3, -0.25) is 0 Å². The molecule has 2 nitrogen and oxygen atoms in total. The van der Waals surface area contributed by atoms with Gasteiger partial charge in [-0.15, -0.1) is 0 Å². The van der Waals surface area contributed by atoms with E-state index in [-0.39, 0.29) is 0 Å². The number of sulfone groups is 1. The lowest BCUT2D eigenvalue weighted by molar-refractivity contribution is 0.603.